The monoisotopic (exact) mass is 320 g/mol. The predicted octanol–water partition coefficient (Wildman–Crippen LogP) is 4.23. The minimum atomic E-state index is -1.09. The van der Waals surface area contributed by atoms with E-state index in [0.29, 0.717) is 5.25 Å². The van der Waals surface area contributed by atoms with Crippen LogP contribution in [0.25, 0.3) is 0 Å². The second kappa shape index (κ2) is 9.61. The molecule has 114 valence electrons. The van der Waals surface area contributed by atoms with E-state index in [-0.39, 0.29) is 0 Å². The zero-order chi connectivity index (χ0) is 14.1. The van der Waals surface area contributed by atoms with Gasteiger partial charge < -0.3 is 8.85 Å². The van der Waals surface area contributed by atoms with Gasteiger partial charge >= 0.3 is 0 Å². The predicted molar refractivity (Wildman–Crippen MR) is 92.5 cm³/mol. The average Bonchev–Trinajstić information content (AvgIpc) is 2.40. The van der Waals surface area contributed by atoms with Gasteiger partial charge in [-0.1, -0.05) is 19.8 Å². The Bertz CT molecular complexity index is 225. The molecule has 2 aliphatic rings. The summed E-state index contributed by atoms with van der Waals surface area (Å²) in [7, 11) is -1.87. The quantitative estimate of drug-likeness (QED) is 0.619. The van der Waals surface area contributed by atoms with Crippen molar-refractivity contribution in [3.63, 3.8) is 0 Å². The molecule has 0 aliphatic carbocycles. The highest BCUT2D eigenvalue weighted by atomic mass is 32.1. The topological polar surface area (TPSA) is 18.5 Å². The smallest absolute Gasteiger partial charge is 0.186 e. The number of thiol groups is 1. The maximum atomic E-state index is 5.74. The summed E-state index contributed by atoms with van der Waals surface area (Å²) in [5.74, 6) is 0. The summed E-state index contributed by atoms with van der Waals surface area (Å²) < 4.78 is 11.3. The first kappa shape index (κ1) is 17.8. The van der Waals surface area contributed by atoms with E-state index in [4.69, 9.17) is 8.85 Å². The van der Waals surface area contributed by atoms with Crippen LogP contribution >= 0.6 is 12.6 Å². The zero-order valence-electron chi connectivity index (χ0n) is 13.0. The van der Waals surface area contributed by atoms with Crippen LogP contribution in [0.2, 0.25) is 31.2 Å². The fourth-order valence-electron chi connectivity index (χ4n) is 2.54. The molecule has 0 N–H and O–H groups in total. The molecule has 0 aromatic rings. The minimum Gasteiger partial charge on any atom is -0.420 e. The molecule has 2 saturated heterocycles. The molecule has 5 heteroatoms. The van der Waals surface area contributed by atoms with Gasteiger partial charge in [-0.2, -0.15) is 12.6 Å². The normalized spacial score (nSPS) is 28.1. The Kier molecular flexibility index (Phi) is 8.98. The van der Waals surface area contributed by atoms with Crippen molar-refractivity contribution in [1.82, 2.24) is 0 Å². The van der Waals surface area contributed by atoms with E-state index in [2.05, 4.69) is 32.6 Å². The third-order valence-corrected chi connectivity index (χ3v) is 10.3. The van der Waals surface area contributed by atoms with E-state index in [0.717, 1.165) is 13.2 Å². The van der Waals surface area contributed by atoms with Crippen LogP contribution in [-0.4, -0.2) is 35.8 Å². The fourth-order valence-corrected chi connectivity index (χ4v) is 7.91. The summed E-state index contributed by atoms with van der Waals surface area (Å²) in [5.41, 5.74) is 0. The van der Waals surface area contributed by atoms with Gasteiger partial charge in [-0.25, -0.2) is 0 Å². The maximum absolute atomic E-state index is 5.74. The van der Waals surface area contributed by atoms with Crippen LogP contribution < -0.4 is 0 Å². The molecule has 2 rings (SSSR count). The highest BCUT2D eigenvalue weighted by Gasteiger charge is 2.24. The molecule has 2 aliphatic heterocycles. The Morgan fingerprint density at radius 3 is 2.32 bits per heavy atom. The van der Waals surface area contributed by atoms with Crippen molar-refractivity contribution in [2.45, 2.75) is 75.5 Å². The first-order chi connectivity index (χ1) is 9.03. The van der Waals surface area contributed by atoms with Crippen LogP contribution in [-0.2, 0) is 8.85 Å². The summed E-state index contributed by atoms with van der Waals surface area (Å²) in [4.78, 5) is 0. The Labute approximate surface area is 127 Å². The first-order valence-electron chi connectivity index (χ1n) is 7.97. The van der Waals surface area contributed by atoms with Gasteiger partial charge in [0.2, 0.25) is 0 Å². The number of rotatable bonds is 3. The molecule has 0 amide bonds. The molecular formula is C14H32O2SSi2. The van der Waals surface area contributed by atoms with Crippen LogP contribution in [0.1, 0.15) is 39.0 Å². The van der Waals surface area contributed by atoms with Gasteiger partial charge in [0.1, 0.15) is 0 Å². The molecule has 2 heterocycles. The molecular weight excluding hydrogens is 288 g/mol. The van der Waals surface area contributed by atoms with Crippen molar-refractivity contribution in [2.24, 2.45) is 0 Å². The second-order valence-corrected chi connectivity index (χ2v) is 14.0. The van der Waals surface area contributed by atoms with E-state index in [1.54, 1.807) is 0 Å². The first-order valence-corrected chi connectivity index (χ1v) is 13.7. The third-order valence-electron chi connectivity index (χ3n) is 3.95. The van der Waals surface area contributed by atoms with Crippen LogP contribution in [0.5, 0.6) is 0 Å². The van der Waals surface area contributed by atoms with E-state index >= 15 is 0 Å². The van der Waals surface area contributed by atoms with Crippen molar-refractivity contribution < 1.29 is 8.85 Å². The minimum absolute atomic E-state index is 0.602. The largest absolute Gasteiger partial charge is 0.420 e. The summed E-state index contributed by atoms with van der Waals surface area (Å²) >= 11 is 4.49. The van der Waals surface area contributed by atoms with Crippen molar-refractivity contribution in [3.8, 4) is 0 Å². The number of hydrogen-bond donors (Lipinski definition) is 1. The number of hydrogen-bond acceptors (Lipinski definition) is 3. The maximum Gasteiger partial charge on any atom is 0.186 e. The van der Waals surface area contributed by atoms with Gasteiger partial charge in [-0.15, -0.1) is 0 Å². The molecule has 0 aromatic carbocycles. The Morgan fingerprint density at radius 2 is 1.89 bits per heavy atom. The zero-order valence-corrected chi connectivity index (χ0v) is 16.0. The molecule has 2 atom stereocenters. The third kappa shape index (κ3) is 8.55. The SMILES string of the molecule is CCC(S)C[SiH]1CCCCO1.C[Si]1(C)CCCCO1. The molecule has 19 heavy (non-hydrogen) atoms. The lowest BCUT2D eigenvalue weighted by molar-refractivity contribution is 0.275. The van der Waals surface area contributed by atoms with Gasteiger partial charge in [-0.3, -0.25) is 0 Å². The van der Waals surface area contributed by atoms with Crippen molar-refractivity contribution in [3.05, 3.63) is 0 Å². The van der Waals surface area contributed by atoms with Crippen LogP contribution in [0.3, 0.4) is 0 Å². The van der Waals surface area contributed by atoms with E-state index < -0.39 is 17.4 Å². The molecule has 2 nitrogen and oxygen atoms in total. The van der Waals surface area contributed by atoms with Crippen molar-refractivity contribution >= 4 is 30.0 Å². The second-order valence-electron chi connectivity index (χ2n) is 6.35. The van der Waals surface area contributed by atoms with Gasteiger partial charge in [-0.05, 0) is 50.5 Å². The van der Waals surface area contributed by atoms with Gasteiger partial charge in [0.25, 0.3) is 0 Å². The molecule has 0 bridgehead atoms. The van der Waals surface area contributed by atoms with Crippen LogP contribution in [0.15, 0.2) is 0 Å². The lowest BCUT2D eigenvalue weighted by Crippen LogP contribution is -2.33. The Hall–Kier alpha value is 0.704. The molecule has 2 unspecified atom stereocenters. The fraction of sp³-hybridized carbons (Fsp3) is 1.00. The molecule has 2 fully saturated rings. The Balaban J connectivity index is 0.000000200. The highest BCUT2D eigenvalue weighted by Crippen LogP contribution is 2.20. The summed E-state index contributed by atoms with van der Waals surface area (Å²) in [5, 5.41) is 0.602. The molecule has 0 radical (unpaired) electrons. The van der Waals surface area contributed by atoms with E-state index in [1.165, 1.54) is 50.2 Å². The summed E-state index contributed by atoms with van der Waals surface area (Å²) in [6, 6.07) is 4.03. The van der Waals surface area contributed by atoms with Crippen molar-refractivity contribution in [2.75, 3.05) is 13.2 Å². The van der Waals surface area contributed by atoms with Crippen LogP contribution in [0, 0.1) is 0 Å². The molecule has 0 spiro atoms. The Morgan fingerprint density at radius 1 is 1.16 bits per heavy atom. The average molecular weight is 321 g/mol. The lowest BCUT2D eigenvalue weighted by Gasteiger charge is -2.27. The summed E-state index contributed by atoms with van der Waals surface area (Å²) in [6.07, 6.45) is 6.57. The van der Waals surface area contributed by atoms with Gasteiger partial charge in [0.15, 0.2) is 17.4 Å². The lowest BCUT2D eigenvalue weighted by atomic mass is 10.4. The van der Waals surface area contributed by atoms with Gasteiger partial charge in [0.05, 0.1) is 0 Å². The standard InChI is InChI=1S/C8H18OSSi.C6H14OSi/c1-2-8(10)7-11-6-4-3-5-9-11;1-8(2)6-4-3-5-7-8/h8,10-11H,2-7H2,1H3;3-6H2,1-2H3. The van der Waals surface area contributed by atoms with Crippen LogP contribution in [0.4, 0.5) is 0 Å². The van der Waals surface area contributed by atoms with E-state index in [9.17, 15) is 0 Å². The van der Waals surface area contributed by atoms with Crippen molar-refractivity contribution in [1.29, 1.82) is 0 Å². The molecule has 0 aromatic heterocycles. The summed E-state index contributed by atoms with van der Waals surface area (Å²) in [6.45, 7) is 8.85. The highest BCUT2D eigenvalue weighted by molar-refractivity contribution is 7.81. The molecule has 0 saturated carbocycles. The van der Waals surface area contributed by atoms with Gasteiger partial charge in [0, 0.05) is 18.5 Å². The van der Waals surface area contributed by atoms with E-state index in [1.807, 2.05) is 0 Å².